The van der Waals surface area contributed by atoms with Crippen molar-refractivity contribution in [1.82, 2.24) is 34.4 Å². The Hall–Kier alpha value is -5.24. The zero-order valence-corrected chi connectivity index (χ0v) is 28.2. The number of benzene rings is 2. The van der Waals surface area contributed by atoms with Gasteiger partial charge in [-0.25, -0.2) is 19.1 Å². The minimum absolute atomic E-state index is 0.0684. The Morgan fingerprint density at radius 1 is 1.00 bits per heavy atom. The number of halogens is 7. The lowest BCUT2D eigenvalue weighted by molar-refractivity contribution is -0.224. The molecule has 2 amide bonds. The molecule has 2 heterocycles. The molecule has 0 aliphatic heterocycles. The molecule has 4 aromatic rings. The number of amides is 2. The van der Waals surface area contributed by atoms with Crippen LogP contribution in [0.1, 0.15) is 48.7 Å². The monoisotopic (exact) mass is 759 g/mol. The number of rotatable bonds is 14. The molecular weight excluding hydrogens is 728 g/mol. The molecule has 0 saturated heterocycles. The Labute approximate surface area is 295 Å². The smallest absolute Gasteiger partial charge is 0.427 e. The lowest BCUT2D eigenvalue weighted by Crippen LogP contribution is -2.44. The summed E-state index contributed by atoms with van der Waals surface area (Å²) in [5.41, 5.74) is 8.22. The molecule has 5 N–H and O–H groups in total. The minimum Gasteiger partial charge on any atom is -0.451 e. The average Bonchev–Trinajstić information content (AvgIpc) is 3.63. The number of nitrogens with two attached hydrogens (primary N) is 2. The molecule has 280 valence electrons. The Morgan fingerprint density at radius 3 is 2.25 bits per heavy atom. The summed E-state index contributed by atoms with van der Waals surface area (Å²) in [4.78, 5) is 54.2. The Balaban J connectivity index is 1.65. The van der Waals surface area contributed by atoms with Gasteiger partial charge in [0.15, 0.2) is 11.6 Å². The van der Waals surface area contributed by atoms with Crippen molar-refractivity contribution in [2.75, 3.05) is 6.54 Å². The van der Waals surface area contributed by atoms with Crippen molar-refractivity contribution < 1.29 is 45.5 Å². The van der Waals surface area contributed by atoms with Crippen molar-refractivity contribution >= 4 is 29.4 Å². The largest absolute Gasteiger partial charge is 0.451 e. The van der Waals surface area contributed by atoms with Gasteiger partial charge in [-0.1, -0.05) is 37.6 Å². The first-order chi connectivity index (χ1) is 24.3. The first-order valence-corrected chi connectivity index (χ1v) is 15.8. The quantitative estimate of drug-likeness (QED) is 0.0981. The molecule has 0 aliphatic carbocycles. The van der Waals surface area contributed by atoms with Gasteiger partial charge >= 0.3 is 24.0 Å². The van der Waals surface area contributed by atoms with Crippen LogP contribution >= 0.6 is 11.6 Å². The second-order valence-electron chi connectivity index (χ2n) is 11.7. The number of ether oxygens (including phenoxy) is 1. The zero-order chi connectivity index (χ0) is 38.5. The molecule has 0 fully saturated rings. The van der Waals surface area contributed by atoms with Gasteiger partial charge in [0, 0.05) is 23.6 Å². The van der Waals surface area contributed by atoms with Crippen molar-refractivity contribution in [3.8, 4) is 17.1 Å². The van der Waals surface area contributed by atoms with Crippen molar-refractivity contribution in [3.63, 3.8) is 0 Å². The van der Waals surface area contributed by atoms with Gasteiger partial charge in [0.1, 0.15) is 6.54 Å². The van der Waals surface area contributed by atoms with Crippen LogP contribution in [0.15, 0.2) is 53.3 Å². The number of alkyl halides is 6. The van der Waals surface area contributed by atoms with Crippen LogP contribution in [0.3, 0.4) is 0 Å². The highest BCUT2D eigenvalue weighted by atomic mass is 35.5. The molecule has 0 aliphatic rings. The number of para-hydroxylation sites is 1. The number of aromatic nitrogens is 6. The summed E-state index contributed by atoms with van der Waals surface area (Å²) in [5, 5.41) is 10.8. The second kappa shape index (κ2) is 16.0. The van der Waals surface area contributed by atoms with Crippen molar-refractivity contribution in [2.24, 2.45) is 17.4 Å². The van der Waals surface area contributed by atoms with Gasteiger partial charge in [-0.2, -0.15) is 26.3 Å². The fraction of sp³-hybridized carbons (Fsp3) is 0.387. The minimum atomic E-state index is -5.17. The summed E-state index contributed by atoms with van der Waals surface area (Å²) in [6.45, 7) is 1.37. The third-order valence-electron chi connectivity index (χ3n) is 7.49. The summed E-state index contributed by atoms with van der Waals surface area (Å²) in [5.74, 6) is -4.73. The lowest BCUT2D eigenvalue weighted by atomic mass is 10.1. The number of nitrogens with zero attached hydrogens (tertiary/aromatic N) is 6. The van der Waals surface area contributed by atoms with E-state index in [9.17, 15) is 45.5 Å². The number of hydrogen-bond acceptors (Lipinski definition) is 9. The first kappa shape index (κ1) is 39.5. The van der Waals surface area contributed by atoms with Crippen molar-refractivity contribution in [3.05, 3.63) is 81.3 Å². The van der Waals surface area contributed by atoms with Gasteiger partial charge in [-0.15, -0.1) is 10.2 Å². The molecule has 4 rings (SSSR count). The van der Waals surface area contributed by atoms with E-state index >= 15 is 0 Å². The van der Waals surface area contributed by atoms with E-state index in [-0.39, 0.29) is 35.3 Å². The van der Waals surface area contributed by atoms with Gasteiger partial charge in [0.05, 0.1) is 23.8 Å². The first-order valence-electron chi connectivity index (χ1n) is 15.4. The molecule has 2 aromatic carbocycles. The Bertz CT molecular complexity index is 1970. The second-order valence-corrected chi connectivity index (χ2v) is 12.1. The molecule has 52 heavy (non-hydrogen) atoms. The average molecular weight is 760 g/mol. The van der Waals surface area contributed by atoms with E-state index in [1.807, 2.05) is 0 Å². The molecule has 0 saturated carbocycles. The summed E-state index contributed by atoms with van der Waals surface area (Å²) >= 11 is 5.96. The van der Waals surface area contributed by atoms with Gasteiger partial charge in [-0.3, -0.25) is 19.0 Å². The van der Waals surface area contributed by atoms with Crippen LogP contribution in [0.5, 0.6) is 0 Å². The SMILES string of the molecule is CC(C)[C@H](N)C(=O)NCCCC(=O)O[C@@H](Cn1c(-c2ccc(Cl)cc2)nn(Cc2nc(C(N)=O)n(-c3ccccc3C(F)(F)F)n2)c1=O)C(F)(F)F. The number of esters is 1. The molecular formula is C31H32ClF6N9O5. The molecule has 0 bridgehead atoms. The van der Waals surface area contributed by atoms with Crippen LogP contribution in [0.2, 0.25) is 5.02 Å². The maximum absolute atomic E-state index is 14.2. The third-order valence-corrected chi connectivity index (χ3v) is 7.74. The predicted octanol–water partition coefficient (Wildman–Crippen LogP) is 3.47. The van der Waals surface area contributed by atoms with E-state index in [4.69, 9.17) is 27.8 Å². The van der Waals surface area contributed by atoms with E-state index in [1.54, 1.807) is 13.8 Å². The lowest BCUT2D eigenvalue weighted by Gasteiger charge is -2.21. The highest BCUT2D eigenvalue weighted by molar-refractivity contribution is 6.30. The molecule has 0 radical (unpaired) electrons. The third kappa shape index (κ3) is 9.55. The van der Waals surface area contributed by atoms with Gasteiger partial charge < -0.3 is 21.5 Å². The van der Waals surface area contributed by atoms with Crippen LogP contribution in [0.4, 0.5) is 26.3 Å². The summed E-state index contributed by atoms with van der Waals surface area (Å²) in [7, 11) is 0. The standard InChI is InChI=1S/C31H32ClF6N9O5/c1-16(2)24(39)28(50)41-13-5-8-23(48)52-21(31(36,37)38)14-45-26(17-9-11-18(32)12-10-17)44-46(29(45)51)15-22-42-27(25(40)49)47(43-22)20-7-4-3-6-19(20)30(33,34)35/h3-4,6-7,9-12,16,21,24H,5,8,13-15,39H2,1-2H3,(H2,40,49)(H,41,50)/t21-,24-/m0/s1. The Morgan fingerprint density at radius 2 is 1.65 bits per heavy atom. The van der Waals surface area contributed by atoms with E-state index < -0.39 is 90.4 Å². The highest BCUT2D eigenvalue weighted by Gasteiger charge is 2.44. The van der Waals surface area contributed by atoms with Crippen LogP contribution < -0.4 is 22.5 Å². The number of nitrogens with one attached hydrogen (secondary N) is 1. The molecule has 21 heteroatoms. The topological polar surface area (TPSA) is 195 Å². The maximum Gasteiger partial charge on any atom is 0.427 e. The summed E-state index contributed by atoms with van der Waals surface area (Å²) in [6.07, 6.45) is -13.5. The van der Waals surface area contributed by atoms with Crippen LogP contribution in [0, 0.1) is 5.92 Å². The molecule has 0 unspecified atom stereocenters. The predicted molar refractivity (Wildman–Crippen MR) is 172 cm³/mol. The number of carbonyl (C=O) groups is 3. The van der Waals surface area contributed by atoms with Gasteiger partial charge in [0.25, 0.3) is 5.91 Å². The number of carbonyl (C=O) groups excluding carboxylic acids is 3. The zero-order valence-electron chi connectivity index (χ0n) is 27.4. The molecule has 0 spiro atoms. The van der Waals surface area contributed by atoms with Crippen LogP contribution in [-0.4, -0.2) is 71.8 Å². The Kier molecular flexibility index (Phi) is 12.1. The number of hydrogen-bond donors (Lipinski definition) is 3. The summed E-state index contributed by atoms with van der Waals surface area (Å²) < 4.78 is 90.5. The number of primary amides is 1. The van der Waals surface area contributed by atoms with Crippen molar-refractivity contribution in [2.45, 2.75) is 64.3 Å². The van der Waals surface area contributed by atoms with E-state index in [0.717, 1.165) is 18.2 Å². The van der Waals surface area contributed by atoms with Crippen molar-refractivity contribution in [1.29, 1.82) is 0 Å². The van der Waals surface area contributed by atoms with Gasteiger partial charge in [-0.05, 0) is 48.7 Å². The highest BCUT2D eigenvalue weighted by Crippen LogP contribution is 2.34. The summed E-state index contributed by atoms with van der Waals surface area (Å²) in [6, 6.07) is 8.72. The fourth-order valence-electron chi connectivity index (χ4n) is 4.76. The molecule has 14 nitrogen and oxygen atoms in total. The van der Waals surface area contributed by atoms with Gasteiger partial charge in [0.2, 0.25) is 17.8 Å². The van der Waals surface area contributed by atoms with E-state index in [2.05, 4.69) is 20.5 Å². The molecule has 2 aromatic heterocycles. The van der Waals surface area contributed by atoms with E-state index in [0.29, 0.717) is 13.9 Å². The van der Waals surface area contributed by atoms with Crippen LogP contribution in [-0.2, 0) is 33.6 Å². The normalized spacial score (nSPS) is 13.2. The van der Waals surface area contributed by atoms with E-state index in [1.165, 1.54) is 30.3 Å². The van der Waals surface area contributed by atoms with Crippen LogP contribution in [0.25, 0.3) is 17.1 Å². The molecule has 2 atom stereocenters. The maximum atomic E-state index is 14.2. The fourth-order valence-corrected chi connectivity index (χ4v) is 4.88.